The SMILES string of the molecule is COc1cc(N2CCC(N3CCN(Cc4cc5c(cc4F)C(=O)N(C4CCC(=O)NC4=O)C5)CC3)CC2)ccc1Nc1ncc(Cl)c(Nc2ccccc2P(C)C)n1. The summed E-state index contributed by atoms with van der Waals surface area (Å²) >= 11 is 6.51. The van der Waals surface area contributed by atoms with Crippen LogP contribution < -0.4 is 30.9 Å². The first-order chi connectivity index (χ1) is 28.0. The molecule has 5 heterocycles. The Balaban J connectivity index is 0.832. The molecular formula is C42H48ClFN9O4P. The van der Waals surface area contributed by atoms with Crippen LogP contribution in [0.25, 0.3) is 0 Å². The summed E-state index contributed by atoms with van der Waals surface area (Å²) in [6.07, 6.45) is 4.12. The van der Waals surface area contributed by atoms with E-state index >= 15 is 4.39 Å². The fourth-order valence-electron chi connectivity index (χ4n) is 8.49. The van der Waals surface area contributed by atoms with Crippen molar-refractivity contribution in [2.45, 2.75) is 50.9 Å². The van der Waals surface area contributed by atoms with Gasteiger partial charge in [-0.25, -0.2) is 9.37 Å². The van der Waals surface area contributed by atoms with Crippen LogP contribution in [0.4, 0.5) is 33.2 Å². The van der Waals surface area contributed by atoms with E-state index in [1.165, 1.54) is 16.3 Å². The minimum Gasteiger partial charge on any atom is -0.494 e. The van der Waals surface area contributed by atoms with Crippen molar-refractivity contribution in [2.24, 2.45) is 0 Å². The number of amides is 3. The maximum atomic E-state index is 15.3. The third kappa shape index (κ3) is 8.47. The number of hydrogen-bond acceptors (Lipinski definition) is 11. The Morgan fingerprint density at radius 2 is 1.72 bits per heavy atom. The molecule has 0 aliphatic carbocycles. The number of piperazine rings is 1. The average molecular weight is 828 g/mol. The van der Waals surface area contributed by atoms with Gasteiger partial charge in [-0.3, -0.25) is 29.5 Å². The number of anilines is 5. The van der Waals surface area contributed by atoms with Gasteiger partial charge in [0.15, 0.2) is 5.82 Å². The zero-order valence-electron chi connectivity index (χ0n) is 32.9. The Kier molecular flexibility index (Phi) is 11.8. The van der Waals surface area contributed by atoms with E-state index in [2.05, 4.69) is 72.1 Å². The zero-order valence-corrected chi connectivity index (χ0v) is 34.6. The van der Waals surface area contributed by atoms with Crippen LogP contribution in [-0.4, -0.2) is 114 Å². The summed E-state index contributed by atoms with van der Waals surface area (Å²) in [5.41, 5.74) is 4.40. The van der Waals surface area contributed by atoms with Crippen molar-refractivity contribution in [3.8, 4) is 5.75 Å². The predicted molar refractivity (Wildman–Crippen MR) is 226 cm³/mol. The molecule has 1 atom stereocenters. The number of methoxy groups -OCH3 is 1. The van der Waals surface area contributed by atoms with Crippen LogP contribution in [0.1, 0.15) is 47.2 Å². The number of ether oxygens (including phenoxy) is 1. The molecule has 16 heteroatoms. The first kappa shape index (κ1) is 39.9. The van der Waals surface area contributed by atoms with Gasteiger partial charge < -0.3 is 25.2 Å². The number of carbonyl (C=O) groups is 3. The lowest BCUT2D eigenvalue weighted by Crippen LogP contribution is -2.53. The van der Waals surface area contributed by atoms with Crippen LogP contribution in [0.15, 0.2) is 60.8 Å². The fourth-order valence-corrected chi connectivity index (χ4v) is 9.63. The molecule has 13 nitrogen and oxygen atoms in total. The van der Waals surface area contributed by atoms with Gasteiger partial charge in [0.2, 0.25) is 17.8 Å². The third-order valence-electron chi connectivity index (χ3n) is 11.7. The van der Waals surface area contributed by atoms with Gasteiger partial charge in [0.05, 0.1) is 19.0 Å². The van der Waals surface area contributed by atoms with Crippen LogP contribution in [-0.2, 0) is 22.7 Å². The highest BCUT2D eigenvalue weighted by Gasteiger charge is 2.40. The zero-order chi connectivity index (χ0) is 40.5. The van der Waals surface area contributed by atoms with Crippen molar-refractivity contribution in [3.05, 3.63) is 88.3 Å². The number of imide groups is 1. The molecular weight excluding hydrogens is 780 g/mol. The van der Waals surface area contributed by atoms with Gasteiger partial charge in [-0.2, -0.15) is 4.98 Å². The number of nitrogens with zero attached hydrogens (tertiary/aromatic N) is 6. The molecule has 3 aromatic carbocycles. The number of piperidine rings is 2. The molecule has 4 aromatic rings. The summed E-state index contributed by atoms with van der Waals surface area (Å²) in [6.45, 7) is 10.4. The van der Waals surface area contributed by atoms with Crippen molar-refractivity contribution in [2.75, 3.05) is 75.2 Å². The molecule has 3 amide bonds. The molecule has 0 bridgehead atoms. The number of halogens is 2. The fraction of sp³-hybridized carbons (Fsp3) is 0.405. The predicted octanol–water partition coefficient (Wildman–Crippen LogP) is 5.68. The second kappa shape index (κ2) is 17.1. The van der Waals surface area contributed by atoms with Gasteiger partial charge in [-0.1, -0.05) is 37.7 Å². The van der Waals surface area contributed by atoms with Crippen LogP contribution in [0.2, 0.25) is 5.02 Å². The summed E-state index contributed by atoms with van der Waals surface area (Å²) < 4.78 is 21.2. The Bertz CT molecular complexity index is 2210. The van der Waals surface area contributed by atoms with Gasteiger partial charge in [-0.05, 0) is 73.8 Å². The lowest BCUT2D eigenvalue weighted by molar-refractivity contribution is -0.136. The second-order valence-electron chi connectivity index (χ2n) is 15.5. The van der Waals surface area contributed by atoms with Crippen molar-refractivity contribution in [1.29, 1.82) is 0 Å². The van der Waals surface area contributed by atoms with Crippen LogP contribution in [0.3, 0.4) is 0 Å². The molecule has 3 saturated heterocycles. The molecule has 0 saturated carbocycles. The van der Waals surface area contributed by atoms with Gasteiger partial charge in [0, 0.05) is 93.4 Å². The summed E-state index contributed by atoms with van der Waals surface area (Å²) in [4.78, 5) is 55.0. The monoisotopic (exact) mass is 827 g/mol. The normalized spacial score (nSPS) is 19.4. The first-order valence-corrected chi connectivity index (χ1v) is 22.3. The van der Waals surface area contributed by atoms with E-state index in [1.807, 2.05) is 24.3 Å². The third-order valence-corrected chi connectivity index (χ3v) is 13.3. The highest BCUT2D eigenvalue weighted by atomic mass is 35.5. The molecule has 1 unspecified atom stereocenters. The molecule has 0 radical (unpaired) electrons. The van der Waals surface area contributed by atoms with E-state index < -0.39 is 17.8 Å². The maximum Gasteiger partial charge on any atom is 0.255 e. The number of fused-ring (bicyclic) bond motifs is 1. The molecule has 4 aliphatic heterocycles. The molecule has 8 rings (SSSR count). The second-order valence-corrected chi connectivity index (χ2v) is 18.1. The Morgan fingerprint density at radius 3 is 2.47 bits per heavy atom. The Labute approximate surface area is 344 Å². The smallest absolute Gasteiger partial charge is 0.255 e. The first-order valence-electron chi connectivity index (χ1n) is 19.7. The molecule has 304 valence electrons. The number of nitrogens with one attached hydrogen (secondary N) is 3. The van der Waals surface area contributed by atoms with Crippen molar-refractivity contribution in [1.82, 2.24) is 30.0 Å². The highest BCUT2D eigenvalue weighted by Crippen LogP contribution is 2.36. The Morgan fingerprint density at radius 1 is 0.948 bits per heavy atom. The average Bonchev–Trinajstić information content (AvgIpc) is 3.53. The Hall–Kier alpha value is -4.88. The largest absolute Gasteiger partial charge is 0.494 e. The number of carbonyl (C=O) groups excluding carboxylic acids is 3. The molecule has 0 spiro atoms. The molecule has 3 fully saturated rings. The van der Waals surface area contributed by atoms with Gasteiger partial charge >= 0.3 is 0 Å². The van der Waals surface area contributed by atoms with E-state index in [0.29, 0.717) is 46.3 Å². The van der Waals surface area contributed by atoms with Crippen LogP contribution >= 0.6 is 19.5 Å². The van der Waals surface area contributed by atoms with E-state index in [9.17, 15) is 14.4 Å². The van der Waals surface area contributed by atoms with E-state index in [0.717, 1.165) is 74.7 Å². The van der Waals surface area contributed by atoms with E-state index in [4.69, 9.17) is 16.3 Å². The molecule has 3 N–H and O–H groups in total. The van der Waals surface area contributed by atoms with Crippen LogP contribution in [0.5, 0.6) is 5.75 Å². The number of para-hydroxylation sites is 1. The maximum absolute atomic E-state index is 15.3. The van der Waals surface area contributed by atoms with E-state index in [1.54, 1.807) is 19.4 Å². The summed E-state index contributed by atoms with van der Waals surface area (Å²) in [5.74, 6) is 0.0451. The number of hydrogen-bond donors (Lipinski definition) is 3. The van der Waals surface area contributed by atoms with Gasteiger partial charge in [0.1, 0.15) is 22.6 Å². The van der Waals surface area contributed by atoms with Crippen molar-refractivity contribution >= 4 is 71.4 Å². The van der Waals surface area contributed by atoms with Crippen LogP contribution in [0, 0.1) is 5.82 Å². The topological polar surface area (TPSA) is 135 Å². The summed E-state index contributed by atoms with van der Waals surface area (Å²) in [5, 5.41) is 10.7. The standard InChI is InChI=1S/C42H48ClFN9O4P/c1-57-36-21-29(8-9-33(36)47-42-45-23-31(43)39(49-42)46-34-6-4-5-7-37(34)58(2)3)51-14-12-28(13-15-51)52-18-16-50(17-19-52)24-27-20-26-25-53(41(56)30(26)22-32(27)44)35-10-11-38(54)48-40(35)55/h4-9,20-23,28,35H,10-19,24-25H2,1-3H3,(H,48,54,55)(H2,45,46,47,49). The summed E-state index contributed by atoms with van der Waals surface area (Å²) in [7, 11) is 1.33. The van der Waals surface area contributed by atoms with Gasteiger partial charge in [0.25, 0.3) is 5.91 Å². The lowest BCUT2D eigenvalue weighted by Gasteiger charge is -2.43. The number of rotatable bonds is 11. The summed E-state index contributed by atoms with van der Waals surface area (Å²) in [6, 6.07) is 17.2. The molecule has 1 aromatic heterocycles. The van der Waals surface area contributed by atoms with E-state index in [-0.39, 0.29) is 39.1 Å². The minimum absolute atomic E-state index is 0.181. The van der Waals surface area contributed by atoms with Crippen molar-refractivity contribution < 1.29 is 23.5 Å². The molecule has 58 heavy (non-hydrogen) atoms. The lowest BCUT2D eigenvalue weighted by atomic mass is 10.0. The minimum atomic E-state index is -0.719. The quantitative estimate of drug-likeness (QED) is 0.127. The number of benzene rings is 3. The van der Waals surface area contributed by atoms with Crippen molar-refractivity contribution in [3.63, 3.8) is 0 Å². The van der Waals surface area contributed by atoms with Gasteiger partial charge in [-0.15, -0.1) is 0 Å². The number of aromatic nitrogens is 2. The molecule has 4 aliphatic rings. The highest BCUT2D eigenvalue weighted by molar-refractivity contribution is 7.64.